The summed E-state index contributed by atoms with van der Waals surface area (Å²) in [5.74, 6) is 1.98. The molecular weight excluding hydrogens is 456 g/mol. The van der Waals surface area contributed by atoms with E-state index in [4.69, 9.17) is 9.47 Å². The summed E-state index contributed by atoms with van der Waals surface area (Å²) in [4.78, 5) is 12.5. The van der Waals surface area contributed by atoms with Gasteiger partial charge in [0.05, 0.1) is 25.7 Å². The van der Waals surface area contributed by atoms with Gasteiger partial charge < -0.3 is 19.4 Å². The summed E-state index contributed by atoms with van der Waals surface area (Å²) < 4.78 is 13.4. The number of hydrogen-bond acceptors (Lipinski definition) is 6. The summed E-state index contributed by atoms with van der Waals surface area (Å²) >= 11 is 4.89. The number of thioether (sulfide) groups is 1. The van der Waals surface area contributed by atoms with Crippen molar-refractivity contribution in [1.29, 1.82) is 0 Å². The summed E-state index contributed by atoms with van der Waals surface area (Å²) in [5.41, 5.74) is 1.52. The van der Waals surface area contributed by atoms with E-state index in [1.165, 1.54) is 11.8 Å². The highest BCUT2D eigenvalue weighted by atomic mass is 79.9. The first-order chi connectivity index (χ1) is 14.1. The molecule has 0 spiro atoms. The maximum absolute atomic E-state index is 12.5. The number of methoxy groups -OCH3 is 2. The minimum atomic E-state index is -0.172. The van der Waals surface area contributed by atoms with Crippen molar-refractivity contribution in [1.82, 2.24) is 14.8 Å². The second-order valence-corrected chi connectivity index (χ2v) is 7.73. The Bertz CT molecular complexity index is 1010. The second kappa shape index (κ2) is 9.80. The number of amides is 1. The molecular formula is C20H21BrN4O3S. The summed E-state index contributed by atoms with van der Waals surface area (Å²) in [6.07, 6.45) is 0. The van der Waals surface area contributed by atoms with Gasteiger partial charge in [0, 0.05) is 22.6 Å². The molecule has 0 radical (unpaired) electrons. The first kappa shape index (κ1) is 21.2. The maximum atomic E-state index is 12.5. The Hall–Kier alpha value is -2.52. The van der Waals surface area contributed by atoms with Gasteiger partial charge in [0.1, 0.15) is 11.5 Å². The van der Waals surface area contributed by atoms with Crippen molar-refractivity contribution in [2.75, 3.05) is 25.3 Å². The average Bonchev–Trinajstić information content (AvgIpc) is 3.15. The van der Waals surface area contributed by atoms with E-state index in [1.54, 1.807) is 32.4 Å². The van der Waals surface area contributed by atoms with Crippen molar-refractivity contribution < 1.29 is 14.3 Å². The largest absolute Gasteiger partial charge is 0.497 e. The molecule has 1 heterocycles. The van der Waals surface area contributed by atoms with Crippen LogP contribution >= 0.6 is 27.7 Å². The number of hydrogen-bond donors (Lipinski definition) is 1. The lowest BCUT2D eigenvalue weighted by molar-refractivity contribution is -0.113. The third kappa shape index (κ3) is 4.91. The zero-order valence-corrected chi connectivity index (χ0v) is 18.7. The van der Waals surface area contributed by atoms with Crippen molar-refractivity contribution >= 4 is 39.3 Å². The molecule has 1 amide bonds. The van der Waals surface area contributed by atoms with E-state index in [0.29, 0.717) is 28.9 Å². The third-order valence-corrected chi connectivity index (χ3v) is 5.82. The lowest BCUT2D eigenvalue weighted by Gasteiger charge is -2.12. The minimum absolute atomic E-state index is 0.172. The van der Waals surface area contributed by atoms with Crippen molar-refractivity contribution in [3.8, 4) is 22.9 Å². The van der Waals surface area contributed by atoms with Crippen LogP contribution in [0.4, 0.5) is 5.69 Å². The maximum Gasteiger partial charge on any atom is 0.234 e. The van der Waals surface area contributed by atoms with Gasteiger partial charge in [0.25, 0.3) is 0 Å². The van der Waals surface area contributed by atoms with Crippen molar-refractivity contribution in [2.45, 2.75) is 18.6 Å². The van der Waals surface area contributed by atoms with Gasteiger partial charge in [-0.05, 0) is 25.1 Å². The molecule has 152 valence electrons. The predicted octanol–water partition coefficient (Wildman–Crippen LogP) is 4.48. The van der Waals surface area contributed by atoms with Gasteiger partial charge in [-0.25, -0.2) is 0 Å². The Labute approximate surface area is 181 Å². The standard InChI is InChI=1S/C20H21BrN4O3S/c1-4-25-19(14-7-5-6-8-15(14)21)23-24-20(25)29-12-18(26)22-16-11-13(27-2)9-10-17(16)28-3/h5-11H,4,12H2,1-3H3,(H,22,26). The fraction of sp³-hybridized carbons (Fsp3) is 0.250. The quantitative estimate of drug-likeness (QED) is 0.483. The second-order valence-electron chi connectivity index (χ2n) is 5.93. The molecule has 7 nitrogen and oxygen atoms in total. The molecule has 1 N–H and O–H groups in total. The highest BCUT2D eigenvalue weighted by Gasteiger charge is 2.17. The molecule has 0 bridgehead atoms. The number of benzene rings is 2. The molecule has 0 aliphatic carbocycles. The summed E-state index contributed by atoms with van der Waals surface area (Å²) in [7, 11) is 3.13. The number of nitrogens with zero attached hydrogens (tertiary/aromatic N) is 3. The van der Waals surface area contributed by atoms with Crippen LogP contribution in [-0.4, -0.2) is 40.6 Å². The molecule has 9 heteroatoms. The number of nitrogens with one attached hydrogen (secondary N) is 1. The van der Waals surface area contributed by atoms with Crippen molar-refractivity contribution in [3.05, 3.63) is 46.9 Å². The van der Waals surface area contributed by atoms with Crippen LogP contribution in [0, 0.1) is 0 Å². The van der Waals surface area contributed by atoms with E-state index >= 15 is 0 Å². The SMILES string of the molecule is CCn1c(SCC(=O)Nc2cc(OC)ccc2OC)nnc1-c1ccccc1Br. The molecule has 0 atom stereocenters. The van der Waals surface area contributed by atoms with Crippen LogP contribution in [0.25, 0.3) is 11.4 Å². The molecule has 0 aliphatic rings. The van der Waals surface area contributed by atoms with Crippen LogP contribution in [0.2, 0.25) is 0 Å². The van der Waals surface area contributed by atoms with E-state index in [-0.39, 0.29) is 11.7 Å². The van der Waals surface area contributed by atoms with Gasteiger partial charge in [0.2, 0.25) is 5.91 Å². The molecule has 0 saturated heterocycles. The zero-order valence-electron chi connectivity index (χ0n) is 16.3. The molecule has 29 heavy (non-hydrogen) atoms. The smallest absolute Gasteiger partial charge is 0.234 e. The molecule has 0 saturated carbocycles. The molecule has 0 aliphatic heterocycles. The highest BCUT2D eigenvalue weighted by molar-refractivity contribution is 9.10. The molecule has 3 aromatic rings. The van der Waals surface area contributed by atoms with Crippen LogP contribution in [-0.2, 0) is 11.3 Å². The molecule has 1 aromatic heterocycles. The lowest BCUT2D eigenvalue weighted by atomic mass is 10.2. The van der Waals surface area contributed by atoms with Crippen molar-refractivity contribution in [2.24, 2.45) is 0 Å². The van der Waals surface area contributed by atoms with Crippen LogP contribution < -0.4 is 14.8 Å². The Morgan fingerprint density at radius 1 is 1.17 bits per heavy atom. The average molecular weight is 477 g/mol. The fourth-order valence-electron chi connectivity index (χ4n) is 2.75. The van der Waals surface area contributed by atoms with Crippen LogP contribution in [0.3, 0.4) is 0 Å². The first-order valence-electron chi connectivity index (χ1n) is 8.90. The Morgan fingerprint density at radius 3 is 2.66 bits per heavy atom. The van der Waals surface area contributed by atoms with E-state index in [0.717, 1.165) is 15.9 Å². The summed E-state index contributed by atoms with van der Waals surface area (Å²) in [6, 6.07) is 13.1. The Kier molecular flexibility index (Phi) is 7.16. The van der Waals surface area contributed by atoms with Crippen LogP contribution in [0.1, 0.15) is 6.92 Å². The van der Waals surface area contributed by atoms with Gasteiger partial charge in [-0.2, -0.15) is 0 Å². The first-order valence-corrected chi connectivity index (χ1v) is 10.7. The van der Waals surface area contributed by atoms with Gasteiger partial charge in [0.15, 0.2) is 11.0 Å². The fourth-order valence-corrected chi connectivity index (χ4v) is 4.01. The highest BCUT2D eigenvalue weighted by Crippen LogP contribution is 2.31. The zero-order chi connectivity index (χ0) is 20.8. The number of rotatable bonds is 8. The molecule has 0 fully saturated rings. The van der Waals surface area contributed by atoms with Gasteiger partial charge in [-0.3, -0.25) is 4.79 Å². The Morgan fingerprint density at radius 2 is 1.97 bits per heavy atom. The predicted molar refractivity (Wildman–Crippen MR) is 118 cm³/mol. The monoisotopic (exact) mass is 476 g/mol. The van der Waals surface area contributed by atoms with Crippen molar-refractivity contribution in [3.63, 3.8) is 0 Å². The number of aromatic nitrogens is 3. The number of anilines is 1. The van der Waals surface area contributed by atoms with Gasteiger partial charge >= 0.3 is 0 Å². The topological polar surface area (TPSA) is 78.3 Å². The molecule has 3 rings (SSSR count). The van der Waals surface area contributed by atoms with Crippen LogP contribution in [0.15, 0.2) is 52.1 Å². The molecule has 0 unspecified atom stereocenters. The number of halogens is 1. The van der Waals surface area contributed by atoms with Crippen LogP contribution in [0.5, 0.6) is 11.5 Å². The minimum Gasteiger partial charge on any atom is -0.497 e. The van der Waals surface area contributed by atoms with E-state index in [1.807, 2.05) is 35.8 Å². The number of carbonyl (C=O) groups is 1. The van der Waals surface area contributed by atoms with E-state index in [2.05, 4.69) is 31.4 Å². The Balaban J connectivity index is 1.72. The summed E-state index contributed by atoms with van der Waals surface area (Å²) in [5, 5.41) is 12.1. The normalized spacial score (nSPS) is 10.6. The molecule has 2 aromatic carbocycles. The van der Waals surface area contributed by atoms with E-state index in [9.17, 15) is 4.79 Å². The van der Waals surface area contributed by atoms with E-state index < -0.39 is 0 Å². The van der Waals surface area contributed by atoms with Gasteiger partial charge in [-0.15, -0.1) is 10.2 Å². The third-order valence-electron chi connectivity index (χ3n) is 4.16. The number of ether oxygens (including phenoxy) is 2. The lowest BCUT2D eigenvalue weighted by Crippen LogP contribution is -2.15. The summed E-state index contributed by atoms with van der Waals surface area (Å²) in [6.45, 7) is 2.71. The van der Waals surface area contributed by atoms with Gasteiger partial charge in [-0.1, -0.05) is 45.9 Å². The number of carbonyl (C=O) groups excluding carboxylic acids is 1.